The highest BCUT2D eigenvalue weighted by atomic mass is 16.5. The van der Waals surface area contributed by atoms with E-state index >= 15 is 0 Å². The third-order valence-electron chi connectivity index (χ3n) is 4.12. The molecule has 130 valence electrons. The van der Waals surface area contributed by atoms with Crippen molar-refractivity contribution in [2.75, 3.05) is 13.2 Å². The molecule has 0 radical (unpaired) electrons. The fourth-order valence-corrected chi connectivity index (χ4v) is 3.05. The molecular weight excluding hydrogens is 302 g/mol. The van der Waals surface area contributed by atoms with Crippen molar-refractivity contribution in [2.45, 2.75) is 46.3 Å². The number of hydrogen-bond donors (Lipinski definition) is 1. The van der Waals surface area contributed by atoms with Crippen LogP contribution >= 0.6 is 0 Å². The van der Waals surface area contributed by atoms with E-state index in [1.807, 2.05) is 29.9 Å². The van der Waals surface area contributed by atoms with Gasteiger partial charge in [-0.25, -0.2) is 0 Å². The van der Waals surface area contributed by atoms with Gasteiger partial charge < -0.3 is 14.8 Å². The highest BCUT2D eigenvalue weighted by Gasteiger charge is 2.22. The highest BCUT2D eigenvalue weighted by molar-refractivity contribution is 5.43. The number of nitrogens with one attached hydrogen (secondary N) is 1. The summed E-state index contributed by atoms with van der Waals surface area (Å²) in [4.78, 5) is 0. The van der Waals surface area contributed by atoms with Gasteiger partial charge in [0.1, 0.15) is 11.5 Å². The van der Waals surface area contributed by atoms with E-state index in [4.69, 9.17) is 9.47 Å². The topological polar surface area (TPSA) is 48.3 Å². The van der Waals surface area contributed by atoms with Gasteiger partial charge in [0.25, 0.3) is 0 Å². The Bertz CT molecular complexity index is 666. The Morgan fingerprint density at radius 1 is 1.42 bits per heavy atom. The van der Waals surface area contributed by atoms with Gasteiger partial charge in [0.2, 0.25) is 0 Å². The van der Waals surface area contributed by atoms with Crippen molar-refractivity contribution in [3.63, 3.8) is 0 Å². The summed E-state index contributed by atoms with van der Waals surface area (Å²) in [7, 11) is 0. The van der Waals surface area contributed by atoms with E-state index in [2.05, 4.69) is 36.5 Å². The molecule has 5 heteroatoms. The first kappa shape index (κ1) is 16.8. The van der Waals surface area contributed by atoms with Crippen molar-refractivity contribution in [3.8, 4) is 11.5 Å². The molecule has 0 aliphatic carbocycles. The Morgan fingerprint density at radius 2 is 2.29 bits per heavy atom. The van der Waals surface area contributed by atoms with Crippen LogP contribution in [0.4, 0.5) is 0 Å². The van der Waals surface area contributed by atoms with Crippen molar-refractivity contribution in [2.24, 2.45) is 5.92 Å². The minimum atomic E-state index is 0.280. The molecule has 1 atom stereocenters. The van der Waals surface area contributed by atoms with Crippen LogP contribution in [0.5, 0.6) is 11.5 Å². The fourth-order valence-electron chi connectivity index (χ4n) is 3.05. The van der Waals surface area contributed by atoms with Gasteiger partial charge in [0.15, 0.2) is 0 Å². The van der Waals surface area contributed by atoms with Gasteiger partial charge in [-0.1, -0.05) is 13.8 Å². The smallest absolute Gasteiger partial charge is 0.124 e. The van der Waals surface area contributed by atoms with Crippen LogP contribution in [0.2, 0.25) is 0 Å². The first-order chi connectivity index (χ1) is 11.7. The lowest BCUT2D eigenvalue weighted by Gasteiger charge is -2.27. The number of rotatable bonds is 7. The maximum atomic E-state index is 5.77. The Hall–Kier alpha value is -2.01. The summed E-state index contributed by atoms with van der Waals surface area (Å²) >= 11 is 0. The molecule has 0 bridgehead atoms. The van der Waals surface area contributed by atoms with E-state index in [0.717, 1.165) is 37.6 Å². The summed E-state index contributed by atoms with van der Waals surface area (Å²) in [5, 5.41) is 8.08. The second-order valence-electron chi connectivity index (χ2n) is 6.67. The second kappa shape index (κ2) is 7.71. The first-order valence-electron chi connectivity index (χ1n) is 8.80. The van der Waals surface area contributed by atoms with E-state index in [1.54, 1.807) is 0 Å². The lowest BCUT2D eigenvalue weighted by Crippen LogP contribution is -2.26. The molecular formula is C19H27N3O2. The molecule has 3 rings (SSSR count). The van der Waals surface area contributed by atoms with E-state index in [-0.39, 0.29) is 6.04 Å². The molecule has 24 heavy (non-hydrogen) atoms. The van der Waals surface area contributed by atoms with Crippen LogP contribution < -0.4 is 14.8 Å². The van der Waals surface area contributed by atoms with Gasteiger partial charge in [-0.2, -0.15) is 5.10 Å². The zero-order chi connectivity index (χ0) is 16.9. The number of hydrogen-bond acceptors (Lipinski definition) is 4. The number of fused-ring (bicyclic) bond motifs is 1. The molecule has 2 heterocycles. The van der Waals surface area contributed by atoms with Crippen molar-refractivity contribution >= 4 is 0 Å². The van der Waals surface area contributed by atoms with Gasteiger partial charge in [0, 0.05) is 42.9 Å². The summed E-state index contributed by atoms with van der Waals surface area (Å²) in [6.45, 7) is 9.58. The number of benzene rings is 1. The average molecular weight is 329 g/mol. The lowest BCUT2D eigenvalue weighted by molar-refractivity contribution is 0.250. The summed E-state index contributed by atoms with van der Waals surface area (Å²) in [6.07, 6.45) is 5.04. The first-order valence-corrected chi connectivity index (χ1v) is 8.80. The van der Waals surface area contributed by atoms with Crippen LogP contribution in [0.15, 0.2) is 30.6 Å². The van der Waals surface area contributed by atoms with Crippen LogP contribution in [-0.4, -0.2) is 23.0 Å². The normalized spacial score (nSPS) is 16.8. The summed E-state index contributed by atoms with van der Waals surface area (Å²) in [5.41, 5.74) is 2.39. The zero-order valence-corrected chi connectivity index (χ0v) is 14.8. The molecule has 1 unspecified atom stereocenters. The van der Waals surface area contributed by atoms with E-state index in [0.29, 0.717) is 12.5 Å². The molecule has 5 nitrogen and oxygen atoms in total. The third kappa shape index (κ3) is 4.09. The average Bonchev–Trinajstić information content (AvgIpc) is 3.00. The summed E-state index contributed by atoms with van der Waals surface area (Å²) in [5.74, 6) is 2.46. The minimum Gasteiger partial charge on any atom is -0.494 e. The van der Waals surface area contributed by atoms with Crippen LogP contribution in [0, 0.1) is 5.92 Å². The predicted molar refractivity (Wildman–Crippen MR) is 94.4 cm³/mol. The molecule has 1 aliphatic heterocycles. The largest absolute Gasteiger partial charge is 0.494 e. The van der Waals surface area contributed by atoms with Crippen LogP contribution in [-0.2, 0) is 13.1 Å². The van der Waals surface area contributed by atoms with Gasteiger partial charge in [-0.05, 0) is 31.0 Å². The molecule has 1 aromatic heterocycles. The van der Waals surface area contributed by atoms with Crippen LogP contribution in [0.25, 0.3) is 0 Å². The van der Waals surface area contributed by atoms with Crippen LogP contribution in [0.3, 0.4) is 0 Å². The maximum Gasteiger partial charge on any atom is 0.124 e. The monoisotopic (exact) mass is 329 g/mol. The molecule has 0 spiro atoms. The van der Waals surface area contributed by atoms with Crippen LogP contribution in [0.1, 0.15) is 44.4 Å². The third-order valence-corrected chi connectivity index (χ3v) is 4.12. The number of ether oxygens (including phenoxy) is 2. The summed E-state index contributed by atoms with van der Waals surface area (Å²) in [6, 6.07) is 6.36. The lowest BCUT2D eigenvalue weighted by atomic mass is 10.00. The van der Waals surface area contributed by atoms with Gasteiger partial charge in [-0.15, -0.1) is 0 Å². The minimum absolute atomic E-state index is 0.280. The van der Waals surface area contributed by atoms with Gasteiger partial charge in [0.05, 0.1) is 19.4 Å². The quantitative estimate of drug-likeness (QED) is 0.844. The molecule has 1 aliphatic rings. The molecule has 0 saturated carbocycles. The second-order valence-corrected chi connectivity index (χ2v) is 6.67. The highest BCUT2D eigenvalue weighted by Crippen LogP contribution is 2.35. The standard InChI is InChI=1S/C19H27N3O2/c1-4-23-16-5-6-19-17(9-16)18(7-8-24-19)20-10-15-11-21-22(13-15)12-14(2)3/h5-6,9,11,13-14,18,20H,4,7-8,10,12H2,1-3H3. The van der Waals surface area contributed by atoms with Crippen molar-refractivity contribution in [1.29, 1.82) is 0 Å². The van der Waals surface area contributed by atoms with Gasteiger partial charge >= 0.3 is 0 Å². The van der Waals surface area contributed by atoms with Crippen molar-refractivity contribution in [1.82, 2.24) is 15.1 Å². The Morgan fingerprint density at radius 3 is 3.08 bits per heavy atom. The zero-order valence-electron chi connectivity index (χ0n) is 14.8. The Labute approximate surface area is 144 Å². The van der Waals surface area contributed by atoms with E-state index in [9.17, 15) is 0 Å². The molecule has 0 fully saturated rings. The molecule has 0 saturated heterocycles. The predicted octanol–water partition coefficient (Wildman–Crippen LogP) is 3.55. The maximum absolute atomic E-state index is 5.77. The van der Waals surface area contributed by atoms with Crippen molar-refractivity contribution in [3.05, 3.63) is 41.7 Å². The number of aromatic nitrogens is 2. The van der Waals surface area contributed by atoms with Gasteiger partial charge in [-0.3, -0.25) is 4.68 Å². The SMILES string of the molecule is CCOc1ccc2c(c1)C(NCc1cnn(CC(C)C)c1)CCO2. The number of nitrogens with zero attached hydrogens (tertiary/aromatic N) is 2. The molecule has 1 N–H and O–H groups in total. The fraction of sp³-hybridized carbons (Fsp3) is 0.526. The van der Waals surface area contributed by atoms with E-state index < -0.39 is 0 Å². The summed E-state index contributed by atoms with van der Waals surface area (Å²) < 4.78 is 13.4. The van der Waals surface area contributed by atoms with Crippen molar-refractivity contribution < 1.29 is 9.47 Å². The molecule has 2 aromatic rings. The molecule has 0 amide bonds. The Kier molecular flexibility index (Phi) is 5.41. The molecule has 1 aromatic carbocycles. The Balaban J connectivity index is 1.66. The van der Waals surface area contributed by atoms with E-state index in [1.165, 1.54) is 11.1 Å².